The molecule has 2 rings (SSSR count). The minimum atomic E-state index is -0.315. The number of aromatic nitrogens is 2. The summed E-state index contributed by atoms with van der Waals surface area (Å²) in [5.74, 6) is 0.0184. The molecule has 0 spiro atoms. The van der Waals surface area contributed by atoms with E-state index < -0.39 is 0 Å². The first-order valence-electron chi connectivity index (χ1n) is 8.04. The summed E-state index contributed by atoms with van der Waals surface area (Å²) < 4.78 is 19.8. The van der Waals surface area contributed by atoms with Gasteiger partial charge in [-0.25, -0.2) is 9.07 Å². The van der Waals surface area contributed by atoms with Gasteiger partial charge in [0.05, 0.1) is 0 Å². The van der Waals surface area contributed by atoms with E-state index in [1.165, 1.54) is 16.8 Å². The average Bonchev–Trinajstić information content (AvgIpc) is 3.07. The Morgan fingerprint density at radius 3 is 2.62 bits per heavy atom. The maximum absolute atomic E-state index is 12.8. The van der Waals surface area contributed by atoms with E-state index in [1.807, 2.05) is 0 Å². The maximum atomic E-state index is 12.8. The van der Waals surface area contributed by atoms with E-state index >= 15 is 0 Å². The van der Waals surface area contributed by atoms with Crippen molar-refractivity contribution < 1.29 is 13.9 Å². The van der Waals surface area contributed by atoms with Crippen LogP contribution < -0.4 is 10.1 Å². The lowest BCUT2D eigenvalue weighted by Crippen LogP contribution is -2.35. The number of hydrogen-bond acceptors (Lipinski definition) is 4. The van der Waals surface area contributed by atoms with Crippen LogP contribution in [0.4, 0.5) is 4.39 Å². The smallest absolute Gasteiger partial charge is 0.271 e. The van der Waals surface area contributed by atoms with Gasteiger partial charge in [0.1, 0.15) is 17.3 Å². The highest BCUT2D eigenvalue weighted by Crippen LogP contribution is 2.11. The van der Waals surface area contributed by atoms with Gasteiger partial charge >= 0.3 is 0 Å². The highest BCUT2D eigenvalue weighted by atomic mass is 19.1. The summed E-state index contributed by atoms with van der Waals surface area (Å²) in [4.78, 5) is 14.3. The molecular formula is C17H23FN4O2. The van der Waals surface area contributed by atoms with Gasteiger partial charge in [-0.3, -0.25) is 4.79 Å². The van der Waals surface area contributed by atoms with Gasteiger partial charge < -0.3 is 15.0 Å². The van der Waals surface area contributed by atoms with Crippen LogP contribution in [0.15, 0.2) is 36.5 Å². The maximum Gasteiger partial charge on any atom is 0.271 e. The Morgan fingerprint density at radius 2 is 1.96 bits per heavy atom. The van der Waals surface area contributed by atoms with E-state index in [9.17, 15) is 9.18 Å². The molecule has 0 unspecified atom stereocenters. The standard InChI is InChI=1S/C17H23FN4O2/c1-3-21(4-2)12-10-19-17(23)16-9-11-22(20-16)13-24-15-7-5-14(18)6-8-15/h5-9,11H,3-4,10,12-13H2,1-2H3,(H,19,23). The van der Waals surface area contributed by atoms with Crippen molar-refractivity contribution in [3.63, 3.8) is 0 Å². The minimum absolute atomic E-state index is 0.151. The molecular weight excluding hydrogens is 311 g/mol. The van der Waals surface area contributed by atoms with Gasteiger partial charge in [-0.2, -0.15) is 5.10 Å². The molecule has 6 nitrogen and oxygen atoms in total. The summed E-state index contributed by atoms with van der Waals surface area (Å²) in [5, 5.41) is 7.03. The molecule has 0 saturated heterocycles. The Labute approximate surface area is 141 Å². The molecule has 1 heterocycles. The zero-order valence-electron chi connectivity index (χ0n) is 14.0. The van der Waals surface area contributed by atoms with Gasteiger partial charge in [0.25, 0.3) is 5.91 Å². The van der Waals surface area contributed by atoms with Gasteiger partial charge in [0.2, 0.25) is 0 Å². The normalized spacial score (nSPS) is 10.8. The first kappa shape index (κ1) is 17.9. The molecule has 1 aromatic heterocycles. The highest BCUT2D eigenvalue weighted by Gasteiger charge is 2.09. The summed E-state index contributed by atoms with van der Waals surface area (Å²) >= 11 is 0. The molecule has 24 heavy (non-hydrogen) atoms. The Hall–Kier alpha value is -2.41. The van der Waals surface area contributed by atoms with Crippen LogP contribution >= 0.6 is 0 Å². The van der Waals surface area contributed by atoms with Crippen molar-refractivity contribution >= 4 is 5.91 Å². The molecule has 0 aliphatic heterocycles. The lowest BCUT2D eigenvalue weighted by Gasteiger charge is -2.17. The van der Waals surface area contributed by atoms with Gasteiger partial charge in [-0.05, 0) is 43.4 Å². The molecule has 0 aliphatic rings. The third-order valence-electron chi connectivity index (χ3n) is 3.66. The van der Waals surface area contributed by atoms with E-state index in [0.717, 1.165) is 19.6 Å². The lowest BCUT2D eigenvalue weighted by molar-refractivity contribution is 0.0942. The van der Waals surface area contributed by atoms with Crippen LogP contribution in [0.25, 0.3) is 0 Å². The Bertz CT molecular complexity index is 638. The molecule has 0 radical (unpaired) electrons. The molecule has 130 valence electrons. The molecule has 0 bridgehead atoms. The topological polar surface area (TPSA) is 59.4 Å². The summed E-state index contributed by atoms with van der Waals surface area (Å²) in [6.07, 6.45) is 1.67. The van der Waals surface area contributed by atoms with Crippen molar-refractivity contribution in [2.45, 2.75) is 20.6 Å². The minimum Gasteiger partial charge on any atom is -0.471 e. The second-order valence-electron chi connectivity index (χ2n) is 5.25. The first-order chi connectivity index (χ1) is 11.6. The number of carbonyl (C=O) groups is 1. The number of nitrogens with one attached hydrogen (secondary N) is 1. The van der Waals surface area contributed by atoms with E-state index in [-0.39, 0.29) is 18.5 Å². The van der Waals surface area contributed by atoms with Crippen LogP contribution in [-0.2, 0) is 6.73 Å². The van der Waals surface area contributed by atoms with E-state index in [2.05, 4.69) is 29.2 Å². The van der Waals surface area contributed by atoms with E-state index in [1.54, 1.807) is 24.4 Å². The SMILES string of the molecule is CCN(CC)CCNC(=O)c1ccn(COc2ccc(F)cc2)n1. The number of hydrogen-bond donors (Lipinski definition) is 1. The molecule has 1 N–H and O–H groups in total. The fraction of sp³-hybridized carbons (Fsp3) is 0.412. The Kier molecular flexibility index (Phi) is 6.74. The van der Waals surface area contributed by atoms with Crippen LogP contribution in [-0.4, -0.2) is 46.8 Å². The van der Waals surface area contributed by atoms with Crippen molar-refractivity contribution in [3.8, 4) is 5.75 Å². The molecule has 7 heteroatoms. The quantitative estimate of drug-likeness (QED) is 0.763. The second kappa shape index (κ2) is 9.02. The molecule has 1 amide bonds. The zero-order valence-corrected chi connectivity index (χ0v) is 14.0. The molecule has 0 fully saturated rings. The highest BCUT2D eigenvalue weighted by molar-refractivity contribution is 5.92. The number of amides is 1. The van der Waals surface area contributed by atoms with Crippen molar-refractivity contribution in [3.05, 3.63) is 48.0 Å². The molecule has 0 saturated carbocycles. The number of likely N-dealkylation sites (N-methyl/N-ethyl adjacent to an activating group) is 1. The Morgan fingerprint density at radius 1 is 1.25 bits per heavy atom. The molecule has 0 aliphatic carbocycles. The fourth-order valence-corrected chi connectivity index (χ4v) is 2.18. The molecule has 2 aromatic rings. The summed E-state index contributed by atoms with van der Waals surface area (Å²) in [5.41, 5.74) is 0.345. The Balaban J connectivity index is 1.79. The fourth-order valence-electron chi connectivity index (χ4n) is 2.18. The third-order valence-corrected chi connectivity index (χ3v) is 3.66. The number of halogens is 1. The number of benzene rings is 1. The van der Waals surface area contributed by atoms with Gasteiger partial charge in [0, 0.05) is 19.3 Å². The number of rotatable bonds is 9. The summed E-state index contributed by atoms with van der Waals surface area (Å²) in [7, 11) is 0. The molecule has 0 atom stereocenters. The van der Waals surface area contributed by atoms with Crippen LogP contribution in [0.1, 0.15) is 24.3 Å². The third kappa shape index (κ3) is 5.34. The van der Waals surface area contributed by atoms with Gasteiger partial charge in [-0.15, -0.1) is 0 Å². The van der Waals surface area contributed by atoms with Gasteiger partial charge in [0.15, 0.2) is 6.73 Å². The van der Waals surface area contributed by atoms with Crippen LogP contribution in [0.5, 0.6) is 5.75 Å². The zero-order chi connectivity index (χ0) is 17.4. The number of nitrogens with zero attached hydrogens (tertiary/aromatic N) is 3. The molecule has 1 aromatic carbocycles. The van der Waals surface area contributed by atoms with Crippen LogP contribution in [0, 0.1) is 5.82 Å². The van der Waals surface area contributed by atoms with Crippen LogP contribution in [0.2, 0.25) is 0 Å². The summed E-state index contributed by atoms with van der Waals surface area (Å²) in [6, 6.07) is 7.38. The van der Waals surface area contributed by atoms with Crippen LogP contribution in [0.3, 0.4) is 0 Å². The van der Waals surface area contributed by atoms with Crippen molar-refractivity contribution in [1.82, 2.24) is 20.0 Å². The predicted molar refractivity (Wildman–Crippen MR) is 89.4 cm³/mol. The average molecular weight is 334 g/mol. The van der Waals surface area contributed by atoms with Crippen molar-refractivity contribution in [2.75, 3.05) is 26.2 Å². The predicted octanol–water partition coefficient (Wildman–Crippen LogP) is 2.13. The van der Waals surface area contributed by atoms with E-state index in [0.29, 0.717) is 18.0 Å². The number of carbonyl (C=O) groups excluding carboxylic acids is 1. The lowest BCUT2D eigenvalue weighted by atomic mass is 10.3. The van der Waals surface area contributed by atoms with E-state index in [4.69, 9.17) is 4.74 Å². The summed E-state index contributed by atoms with van der Waals surface area (Å²) in [6.45, 7) is 7.65. The monoisotopic (exact) mass is 334 g/mol. The van der Waals surface area contributed by atoms with Crippen molar-refractivity contribution in [2.24, 2.45) is 0 Å². The van der Waals surface area contributed by atoms with Crippen molar-refractivity contribution in [1.29, 1.82) is 0 Å². The van der Waals surface area contributed by atoms with Gasteiger partial charge in [-0.1, -0.05) is 13.8 Å². The largest absolute Gasteiger partial charge is 0.471 e. The second-order valence-corrected chi connectivity index (χ2v) is 5.25. The number of ether oxygens (including phenoxy) is 1. The first-order valence-corrected chi connectivity index (χ1v) is 8.04.